The average molecular weight is 318 g/mol. The van der Waals surface area contributed by atoms with Gasteiger partial charge in [0.25, 0.3) is 0 Å². The van der Waals surface area contributed by atoms with Gasteiger partial charge in [0.1, 0.15) is 0 Å². The highest BCUT2D eigenvalue weighted by Gasteiger charge is 2.18. The summed E-state index contributed by atoms with van der Waals surface area (Å²) in [7, 11) is 0. The van der Waals surface area contributed by atoms with Gasteiger partial charge in [0.15, 0.2) is 5.82 Å². The van der Waals surface area contributed by atoms with Gasteiger partial charge < -0.3 is 0 Å². The molecule has 1 atom stereocenters. The second kappa shape index (κ2) is 6.00. The van der Waals surface area contributed by atoms with Crippen LogP contribution in [0, 0.1) is 6.92 Å². The molecule has 0 aliphatic heterocycles. The molecule has 108 valence electrons. The predicted molar refractivity (Wildman–Crippen MR) is 87.9 cm³/mol. The van der Waals surface area contributed by atoms with E-state index in [0.717, 1.165) is 17.8 Å². The van der Waals surface area contributed by atoms with Crippen LogP contribution in [0.4, 0.5) is 0 Å². The zero-order valence-electron chi connectivity index (χ0n) is 12.0. The van der Waals surface area contributed by atoms with E-state index < -0.39 is 0 Å². The number of nitrogens with zero attached hydrogens (tertiary/aromatic N) is 3. The fourth-order valence-electron chi connectivity index (χ4n) is 2.42. The summed E-state index contributed by atoms with van der Waals surface area (Å²) in [5, 5.41) is 8.72. The number of hydrogen-bond acceptors (Lipinski definition) is 3. The minimum absolute atomic E-state index is 0.209. The molecule has 0 fully saturated rings. The highest BCUT2D eigenvalue weighted by molar-refractivity contribution is 7.11. The maximum absolute atomic E-state index is 6.25. The first-order chi connectivity index (χ1) is 10.1. The quantitative estimate of drug-likeness (QED) is 0.693. The largest absolute Gasteiger partial charge is 0.295 e. The first kappa shape index (κ1) is 14.3. The van der Waals surface area contributed by atoms with E-state index in [2.05, 4.69) is 36.2 Å². The summed E-state index contributed by atoms with van der Waals surface area (Å²) in [5.74, 6) is 0.821. The molecular weight excluding hydrogens is 302 g/mol. The van der Waals surface area contributed by atoms with Crippen molar-refractivity contribution in [2.75, 3.05) is 0 Å². The van der Waals surface area contributed by atoms with Crippen molar-refractivity contribution in [3.8, 4) is 11.4 Å². The Kier molecular flexibility index (Phi) is 4.08. The molecular formula is C16H16ClN3S. The van der Waals surface area contributed by atoms with E-state index in [4.69, 9.17) is 11.6 Å². The Hall–Kier alpha value is -1.65. The van der Waals surface area contributed by atoms with Crippen molar-refractivity contribution in [2.45, 2.75) is 26.3 Å². The summed E-state index contributed by atoms with van der Waals surface area (Å²) < 4.78 is 2.01. The fraction of sp³-hybridized carbons (Fsp3) is 0.250. The highest BCUT2D eigenvalue weighted by Crippen LogP contribution is 2.28. The van der Waals surface area contributed by atoms with E-state index >= 15 is 0 Å². The summed E-state index contributed by atoms with van der Waals surface area (Å²) >= 11 is 8.08. The third-order valence-electron chi connectivity index (χ3n) is 3.42. The van der Waals surface area contributed by atoms with Gasteiger partial charge in [-0.25, -0.2) is 0 Å². The van der Waals surface area contributed by atoms with Crippen molar-refractivity contribution in [2.24, 2.45) is 0 Å². The van der Waals surface area contributed by atoms with Crippen molar-refractivity contribution in [1.29, 1.82) is 0 Å². The van der Waals surface area contributed by atoms with Crippen molar-refractivity contribution in [3.63, 3.8) is 0 Å². The zero-order valence-corrected chi connectivity index (χ0v) is 13.5. The smallest absolute Gasteiger partial charge is 0.225 e. The van der Waals surface area contributed by atoms with Crippen LogP contribution >= 0.6 is 22.9 Å². The maximum atomic E-state index is 6.25. The molecule has 3 nitrogen and oxygen atoms in total. The number of hydrogen-bond donors (Lipinski definition) is 0. The lowest BCUT2D eigenvalue weighted by atomic mass is 10.1. The number of halogens is 1. The third kappa shape index (κ3) is 3.01. The number of thiophene rings is 1. The Bertz CT molecular complexity index is 733. The summed E-state index contributed by atoms with van der Waals surface area (Å²) in [6, 6.07) is 14.6. The lowest BCUT2D eigenvalue weighted by Crippen LogP contribution is -2.09. The number of benzene rings is 1. The number of rotatable bonds is 4. The normalized spacial score (nSPS) is 12.5. The van der Waals surface area contributed by atoms with Crippen molar-refractivity contribution >= 4 is 22.9 Å². The topological polar surface area (TPSA) is 30.7 Å². The van der Waals surface area contributed by atoms with E-state index in [0.29, 0.717) is 5.28 Å². The molecule has 2 aromatic heterocycles. The minimum atomic E-state index is 0.209. The number of aromatic nitrogens is 3. The molecule has 2 heterocycles. The first-order valence-corrected chi connectivity index (χ1v) is 8.05. The van der Waals surface area contributed by atoms with Crippen LogP contribution in [0.25, 0.3) is 11.4 Å². The van der Waals surface area contributed by atoms with E-state index in [9.17, 15) is 0 Å². The molecule has 0 spiro atoms. The number of aryl methyl sites for hydroxylation is 1. The van der Waals surface area contributed by atoms with Gasteiger partial charge in [-0.1, -0.05) is 30.3 Å². The van der Waals surface area contributed by atoms with Crippen LogP contribution in [0.3, 0.4) is 0 Å². The Morgan fingerprint density at radius 1 is 1.14 bits per heavy atom. The molecule has 0 aliphatic carbocycles. The fourth-order valence-corrected chi connectivity index (χ4v) is 3.72. The van der Waals surface area contributed by atoms with Crippen LogP contribution in [0.5, 0.6) is 0 Å². The van der Waals surface area contributed by atoms with Crippen molar-refractivity contribution < 1.29 is 0 Å². The van der Waals surface area contributed by atoms with Gasteiger partial charge in [0, 0.05) is 27.8 Å². The van der Waals surface area contributed by atoms with E-state index in [1.54, 1.807) is 0 Å². The van der Waals surface area contributed by atoms with Crippen molar-refractivity contribution in [3.05, 3.63) is 57.5 Å². The second-order valence-electron chi connectivity index (χ2n) is 5.09. The van der Waals surface area contributed by atoms with Crippen molar-refractivity contribution in [1.82, 2.24) is 14.8 Å². The zero-order chi connectivity index (χ0) is 14.8. The second-order valence-corrected chi connectivity index (χ2v) is 6.80. The summed E-state index contributed by atoms with van der Waals surface area (Å²) in [6.45, 7) is 4.27. The molecule has 21 heavy (non-hydrogen) atoms. The molecule has 3 aromatic rings. The lowest BCUT2D eigenvalue weighted by Gasteiger charge is -2.15. The van der Waals surface area contributed by atoms with Gasteiger partial charge in [0.2, 0.25) is 5.28 Å². The van der Waals surface area contributed by atoms with Gasteiger partial charge in [-0.15, -0.1) is 21.5 Å². The van der Waals surface area contributed by atoms with Gasteiger partial charge in [-0.3, -0.25) is 4.57 Å². The van der Waals surface area contributed by atoms with Crippen LogP contribution in [0.1, 0.15) is 22.7 Å². The molecule has 5 heteroatoms. The van der Waals surface area contributed by atoms with Gasteiger partial charge in [0.05, 0.1) is 0 Å². The Labute approximate surface area is 133 Å². The lowest BCUT2D eigenvalue weighted by molar-refractivity contribution is 0.553. The molecule has 0 saturated carbocycles. The third-order valence-corrected chi connectivity index (χ3v) is 4.70. The Morgan fingerprint density at radius 3 is 2.57 bits per heavy atom. The molecule has 1 aromatic carbocycles. The monoisotopic (exact) mass is 317 g/mol. The van der Waals surface area contributed by atoms with E-state index in [1.165, 1.54) is 9.75 Å². The van der Waals surface area contributed by atoms with Crippen LogP contribution in [-0.4, -0.2) is 14.8 Å². The first-order valence-electron chi connectivity index (χ1n) is 6.86. The van der Waals surface area contributed by atoms with E-state index in [1.807, 2.05) is 46.2 Å². The molecule has 0 aliphatic rings. The Morgan fingerprint density at radius 2 is 1.90 bits per heavy atom. The van der Waals surface area contributed by atoms with Gasteiger partial charge >= 0.3 is 0 Å². The van der Waals surface area contributed by atoms with Gasteiger partial charge in [-0.05, 0) is 37.6 Å². The molecule has 0 amide bonds. The molecule has 0 radical (unpaired) electrons. The van der Waals surface area contributed by atoms with Crippen LogP contribution in [0.2, 0.25) is 5.28 Å². The molecule has 0 N–H and O–H groups in total. The average Bonchev–Trinajstić information content (AvgIpc) is 3.06. The van der Waals surface area contributed by atoms with Crippen LogP contribution in [-0.2, 0) is 6.42 Å². The summed E-state index contributed by atoms with van der Waals surface area (Å²) in [6.07, 6.45) is 0.927. The minimum Gasteiger partial charge on any atom is -0.295 e. The SMILES string of the molecule is Cc1ccc(CC(C)n2c(Cl)nnc2-c2ccccc2)s1. The molecule has 3 rings (SSSR count). The predicted octanol–water partition coefficient (Wildman–Crippen LogP) is 4.77. The maximum Gasteiger partial charge on any atom is 0.225 e. The summed E-state index contributed by atoms with van der Waals surface area (Å²) in [5.41, 5.74) is 1.03. The van der Waals surface area contributed by atoms with E-state index in [-0.39, 0.29) is 6.04 Å². The summed E-state index contributed by atoms with van der Waals surface area (Å²) in [4.78, 5) is 2.68. The van der Waals surface area contributed by atoms with Gasteiger partial charge in [-0.2, -0.15) is 0 Å². The Balaban J connectivity index is 1.93. The molecule has 0 saturated heterocycles. The molecule has 0 bridgehead atoms. The van der Waals surface area contributed by atoms with Crippen LogP contribution < -0.4 is 0 Å². The standard InChI is InChI=1S/C16H16ClN3S/c1-11(10-14-9-8-12(2)21-14)20-15(18-19-16(20)17)13-6-4-3-5-7-13/h3-9,11H,10H2,1-2H3. The highest BCUT2D eigenvalue weighted by atomic mass is 35.5. The molecule has 1 unspecified atom stereocenters. The van der Waals surface area contributed by atoms with Crippen LogP contribution in [0.15, 0.2) is 42.5 Å².